The lowest BCUT2D eigenvalue weighted by molar-refractivity contribution is 0.181. The first-order valence-corrected chi connectivity index (χ1v) is 9.56. The molecule has 1 N–H and O–H groups in total. The molecule has 1 aromatic rings. The standard InChI is InChI=1S/C15H28BrN3OS/c1-5-6-17-14(11-21-10-12(2)3)15-13(16)9-18-19(15)7-8-20-4/h9,12,14,17H,5-8,10-11H2,1-4H3. The molecule has 0 radical (unpaired) electrons. The van der Waals surface area contributed by atoms with Gasteiger partial charge < -0.3 is 10.1 Å². The zero-order chi connectivity index (χ0) is 15.7. The fourth-order valence-electron chi connectivity index (χ4n) is 2.05. The molecule has 0 aromatic carbocycles. The summed E-state index contributed by atoms with van der Waals surface area (Å²) in [5.74, 6) is 2.98. The highest BCUT2D eigenvalue weighted by Gasteiger charge is 2.19. The van der Waals surface area contributed by atoms with E-state index >= 15 is 0 Å². The molecule has 1 rings (SSSR count). The van der Waals surface area contributed by atoms with E-state index in [9.17, 15) is 0 Å². The second-order valence-corrected chi connectivity index (χ2v) is 7.46. The van der Waals surface area contributed by atoms with Crippen molar-refractivity contribution >= 4 is 27.7 Å². The number of halogens is 1. The highest BCUT2D eigenvalue weighted by Crippen LogP contribution is 2.27. The van der Waals surface area contributed by atoms with Gasteiger partial charge in [0.15, 0.2) is 0 Å². The number of thioether (sulfide) groups is 1. The van der Waals surface area contributed by atoms with Gasteiger partial charge >= 0.3 is 0 Å². The van der Waals surface area contributed by atoms with Gasteiger partial charge in [-0.2, -0.15) is 16.9 Å². The van der Waals surface area contributed by atoms with Crippen molar-refractivity contribution < 1.29 is 4.74 Å². The quantitative estimate of drug-likeness (QED) is 0.637. The third-order valence-electron chi connectivity index (χ3n) is 3.05. The van der Waals surface area contributed by atoms with E-state index in [1.165, 1.54) is 11.4 Å². The Hall–Kier alpha value is -0.0400. The average Bonchev–Trinajstić information content (AvgIpc) is 2.81. The molecule has 0 fully saturated rings. The molecule has 0 spiro atoms. The molecule has 21 heavy (non-hydrogen) atoms. The Labute approximate surface area is 141 Å². The lowest BCUT2D eigenvalue weighted by atomic mass is 10.2. The second kappa shape index (κ2) is 10.6. The van der Waals surface area contributed by atoms with E-state index in [4.69, 9.17) is 4.74 Å². The minimum atomic E-state index is 0.322. The molecule has 1 heterocycles. The van der Waals surface area contributed by atoms with Crippen LogP contribution >= 0.6 is 27.7 Å². The maximum Gasteiger partial charge on any atom is 0.0705 e. The molecule has 1 atom stereocenters. The summed E-state index contributed by atoms with van der Waals surface area (Å²) in [6.07, 6.45) is 3.02. The van der Waals surface area contributed by atoms with Crippen molar-refractivity contribution in [3.8, 4) is 0 Å². The summed E-state index contributed by atoms with van der Waals surface area (Å²) in [6, 6.07) is 0.322. The Morgan fingerprint density at radius 3 is 2.81 bits per heavy atom. The van der Waals surface area contributed by atoms with Crippen molar-refractivity contribution in [2.75, 3.05) is 31.8 Å². The fourth-order valence-corrected chi connectivity index (χ4v) is 3.74. The van der Waals surface area contributed by atoms with Crippen molar-refractivity contribution in [3.63, 3.8) is 0 Å². The topological polar surface area (TPSA) is 39.1 Å². The molecule has 0 aliphatic rings. The van der Waals surface area contributed by atoms with Crippen LogP contribution in [0.25, 0.3) is 0 Å². The lowest BCUT2D eigenvalue weighted by Crippen LogP contribution is -2.28. The number of ether oxygens (including phenoxy) is 1. The smallest absolute Gasteiger partial charge is 0.0705 e. The largest absolute Gasteiger partial charge is 0.383 e. The second-order valence-electron chi connectivity index (χ2n) is 5.53. The van der Waals surface area contributed by atoms with E-state index in [-0.39, 0.29) is 0 Å². The summed E-state index contributed by atoms with van der Waals surface area (Å²) >= 11 is 5.65. The van der Waals surface area contributed by atoms with Crippen LogP contribution in [-0.2, 0) is 11.3 Å². The monoisotopic (exact) mass is 377 g/mol. The van der Waals surface area contributed by atoms with E-state index in [2.05, 4.69) is 51.8 Å². The molecule has 1 unspecified atom stereocenters. The summed E-state index contributed by atoms with van der Waals surface area (Å²) in [5, 5.41) is 8.12. The van der Waals surface area contributed by atoms with Crippen LogP contribution in [0.3, 0.4) is 0 Å². The van der Waals surface area contributed by atoms with Gasteiger partial charge in [-0.05, 0) is 40.6 Å². The third kappa shape index (κ3) is 6.72. The van der Waals surface area contributed by atoms with Crippen LogP contribution in [0.5, 0.6) is 0 Å². The van der Waals surface area contributed by atoms with E-state index < -0.39 is 0 Å². The predicted molar refractivity (Wildman–Crippen MR) is 95.0 cm³/mol. The number of rotatable bonds is 11. The Morgan fingerprint density at radius 2 is 2.19 bits per heavy atom. The van der Waals surface area contributed by atoms with E-state index in [0.717, 1.165) is 35.7 Å². The molecular weight excluding hydrogens is 350 g/mol. The molecule has 0 amide bonds. The van der Waals surface area contributed by atoms with Crippen molar-refractivity contribution in [1.82, 2.24) is 15.1 Å². The lowest BCUT2D eigenvalue weighted by Gasteiger charge is -2.21. The van der Waals surface area contributed by atoms with Gasteiger partial charge in [0.05, 0.1) is 35.6 Å². The van der Waals surface area contributed by atoms with Gasteiger partial charge in [0.1, 0.15) is 0 Å². The van der Waals surface area contributed by atoms with Crippen molar-refractivity contribution in [2.45, 2.75) is 39.8 Å². The zero-order valence-electron chi connectivity index (χ0n) is 13.6. The maximum atomic E-state index is 5.18. The molecule has 0 saturated heterocycles. The van der Waals surface area contributed by atoms with Crippen LogP contribution in [0.2, 0.25) is 0 Å². The predicted octanol–water partition coefficient (Wildman–Crippen LogP) is 3.72. The minimum absolute atomic E-state index is 0.322. The summed E-state index contributed by atoms with van der Waals surface area (Å²) in [6.45, 7) is 9.22. The van der Waals surface area contributed by atoms with Crippen LogP contribution in [0.15, 0.2) is 10.7 Å². The number of nitrogens with zero attached hydrogens (tertiary/aromatic N) is 2. The van der Waals surface area contributed by atoms with Crippen LogP contribution in [0.1, 0.15) is 38.9 Å². The number of hydrogen-bond acceptors (Lipinski definition) is 4. The van der Waals surface area contributed by atoms with Crippen molar-refractivity contribution in [1.29, 1.82) is 0 Å². The van der Waals surface area contributed by atoms with Gasteiger partial charge in [-0.3, -0.25) is 4.68 Å². The molecule has 0 aliphatic heterocycles. The molecule has 122 valence electrons. The maximum absolute atomic E-state index is 5.18. The number of hydrogen-bond donors (Lipinski definition) is 1. The van der Waals surface area contributed by atoms with Gasteiger partial charge in [-0.1, -0.05) is 20.8 Å². The van der Waals surface area contributed by atoms with Gasteiger partial charge in [0.2, 0.25) is 0 Å². The van der Waals surface area contributed by atoms with Gasteiger partial charge in [-0.25, -0.2) is 0 Å². The molecule has 0 aliphatic carbocycles. The first-order valence-electron chi connectivity index (χ1n) is 7.61. The van der Waals surface area contributed by atoms with Gasteiger partial charge in [0.25, 0.3) is 0 Å². The summed E-state index contributed by atoms with van der Waals surface area (Å²) in [7, 11) is 1.73. The fraction of sp³-hybridized carbons (Fsp3) is 0.800. The van der Waals surface area contributed by atoms with Crippen LogP contribution in [0.4, 0.5) is 0 Å². The summed E-state index contributed by atoms with van der Waals surface area (Å²) in [4.78, 5) is 0. The first kappa shape index (κ1) is 19.0. The zero-order valence-corrected chi connectivity index (χ0v) is 16.0. The molecule has 4 nitrogen and oxygen atoms in total. The molecule has 0 bridgehead atoms. The van der Waals surface area contributed by atoms with Crippen LogP contribution in [-0.4, -0.2) is 41.5 Å². The van der Waals surface area contributed by atoms with Crippen LogP contribution in [0, 0.1) is 5.92 Å². The Bertz CT molecular complexity index is 398. The average molecular weight is 378 g/mol. The Kier molecular flexibility index (Phi) is 9.64. The van der Waals surface area contributed by atoms with E-state index in [0.29, 0.717) is 12.6 Å². The van der Waals surface area contributed by atoms with Crippen molar-refractivity contribution in [2.24, 2.45) is 5.92 Å². The SMILES string of the molecule is CCCNC(CSCC(C)C)c1c(Br)cnn1CCOC. The highest BCUT2D eigenvalue weighted by atomic mass is 79.9. The number of methoxy groups -OCH3 is 1. The van der Waals surface area contributed by atoms with Crippen LogP contribution < -0.4 is 5.32 Å². The van der Waals surface area contributed by atoms with Crippen molar-refractivity contribution in [3.05, 3.63) is 16.4 Å². The highest BCUT2D eigenvalue weighted by molar-refractivity contribution is 9.10. The number of aromatic nitrogens is 2. The molecule has 1 aromatic heterocycles. The van der Waals surface area contributed by atoms with E-state index in [1.807, 2.05) is 18.0 Å². The summed E-state index contributed by atoms with van der Waals surface area (Å²) < 4.78 is 8.32. The van der Waals surface area contributed by atoms with Gasteiger partial charge in [-0.15, -0.1) is 0 Å². The minimum Gasteiger partial charge on any atom is -0.383 e. The Balaban J connectivity index is 2.77. The summed E-state index contributed by atoms with van der Waals surface area (Å²) in [5.41, 5.74) is 1.23. The molecule has 0 saturated carbocycles. The Morgan fingerprint density at radius 1 is 1.43 bits per heavy atom. The molecular formula is C15H28BrN3OS. The normalized spacial score (nSPS) is 13.0. The van der Waals surface area contributed by atoms with Gasteiger partial charge in [0, 0.05) is 12.9 Å². The number of nitrogens with one attached hydrogen (secondary N) is 1. The first-order chi connectivity index (χ1) is 10.1. The third-order valence-corrected chi connectivity index (χ3v) is 5.13. The van der Waals surface area contributed by atoms with E-state index in [1.54, 1.807) is 7.11 Å². The molecule has 6 heteroatoms.